The molecule has 1 aliphatic carbocycles. The minimum atomic E-state index is -4.32. The number of nitrogens with zero attached hydrogens (tertiary/aromatic N) is 2. The van der Waals surface area contributed by atoms with Gasteiger partial charge in [-0.1, -0.05) is 25.1 Å². The number of nitro benzene ring substituents is 1. The van der Waals surface area contributed by atoms with E-state index in [0.29, 0.717) is 11.1 Å². The number of hydrogen-bond acceptors (Lipinski definition) is 7. The summed E-state index contributed by atoms with van der Waals surface area (Å²) in [7, 11) is -4.32. The number of non-ortho nitro benzene ring substituents is 1. The lowest BCUT2D eigenvalue weighted by atomic mass is 9.90. The molecule has 0 spiro atoms. The fourth-order valence-electron chi connectivity index (χ4n) is 2.12. The zero-order valence-corrected chi connectivity index (χ0v) is 14.6. The van der Waals surface area contributed by atoms with Crippen molar-refractivity contribution < 1.29 is 22.4 Å². The summed E-state index contributed by atoms with van der Waals surface area (Å²) in [6.07, 6.45) is 2.84. The summed E-state index contributed by atoms with van der Waals surface area (Å²) in [5.41, 5.74) is 0.778. The van der Waals surface area contributed by atoms with Gasteiger partial charge in [-0.3, -0.25) is 19.2 Å². The molecule has 0 unspecified atom stereocenters. The zero-order valence-electron chi connectivity index (χ0n) is 13.8. The Morgan fingerprint density at radius 2 is 1.92 bits per heavy atom. The SMILES string of the molecule is CC1=CC(=O)C(C(C)C)=C/C1=N\OS(=O)(=O)c1cccc([N+](=O)[O-])c1. The Balaban J connectivity index is 2.33. The molecule has 2 rings (SSSR count). The summed E-state index contributed by atoms with van der Waals surface area (Å²) in [5.74, 6) is -0.219. The number of ketones is 1. The lowest BCUT2D eigenvalue weighted by molar-refractivity contribution is -0.385. The molecular weight excluding hydrogens is 348 g/mol. The molecule has 0 saturated carbocycles. The van der Waals surface area contributed by atoms with E-state index in [1.807, 2.05) is 13.8 Å². The van der Waals surface area contributed by atoms with Gasteiger partial charge in [0.15, 0.2) is 5.78 Å². The predicted octanol–water partition coefficient (Wildman–Crippen LogP) is 2.77. The second-order valence-corrected chi connectivity index (χ2v) is 7.23. The fraction of sp³-hybridized carbons (Fsp3) is 0.250. The molecular formula is C16H16N2O6S. The summed E-state index contributed by atoms with van der Waals surface area (Å²) in [6, 6.07) is 4.47. The van der Waals surface area contributed by atoms with Crippen LogP contribution in [0.3, 0.4) is 0 Å². The van der Waals surface area contributed by atoms with Crippen molar-refractivity contribution >= 4 is 27.3 Å². The molecule has 0 bridgehead atoms. The molecule has 1 aliphatic rings. The maximum absolute atomic E-state index is 12.2. The monoisotopic (exact) mass is 364 g/mol. The van der Waals surface area contributed by atoms with E-state index in [0.717, 1.165) is 6.07 Å². The minimum Gasteiger partial charge on any atom is -0.290 e. The van der Waals surface area contributed by atoms with Crippen molar-refractivity contribution in [1.29, 1.82) is 0 Å². The second kappa shape index (κ2) is 6.98. The van der Waals surface area contributed by atoms with E-state index in [-0.39, 0.29) is 28.0 Å². The number of carbonyl (C=O) groups is 1. The van der Waals surface area contributed by atoms with Crippen molar-refractivity contribution in [2.24, 2.45) is 11.1 Å². The number of hydrogen-bond donors (Lipinski definition) is 0. The van der Waals surface area contributed by atoms with Gasteiger partial charge in [-0.25, -0.2) is 0 Å². The summed E-state index contributed by atoms with van der Waals surface area (Å²) in [6.45, 7) is 5.26. The maximum Gasteiger partial charge on any atom is 0.358 e. The molecule has 0 amide bonds. The van der Waals surface area contributed by atoms with Crippen molar-refractivity contribution in [3.8, 4) is 0 Å². The third-order valence-corrected chi connectivity index (χ3v) is 4.60. The van der Waals surface area contributed by atoms with Crippen molar-refractivity contribution in [3.63, 3.8) is 0 Å². The molecule has 0 aromatic heterocycles. The Kier molecular flexibility index (Phi) is 5.17. The van der Waals surface area contributed by atoms with Gasteiger partial charge in [-0.05, 0) is 36.6 Å². The molecule has 0 saturated heterocycles. The average Bonchev–Trinajstić information content (AvgIpc) is 2.53. The molecule has 1 aromatic carbocycles. The Labute approximate surface area is 144 Å². The number of carbonyl (C=O) groups excluding carboxylic acids is 1. The Morgan fingerprint density at radius 1 is 1.24 bits per heavy atom. The third-order valence-electron chi connectivity index (χ3n) is 3.50. The van der Waals surface area contributed by atoms with Gasteiger partial charge in [0.25, 0.3) is 5.69 Å². The molecule has 0 N–H and O–H groups in total. The number of oxime groups is 1. The van der Waals surface area contributed by atoms with Crippen LogP contribution in [-0.4, -0.2) is 24.8 Å². The van der Waals surface area contributed by atoms with Gasteiger partial charge >= 0.3 is 10.1 Å². The van der Waals surface area contributed by atoms with Crippen LogP contribution in [0.25, 0.3) is 0 Å². The van der Waals surface area contributed by atoms with Crippen LogP contribution in [0.5, 0.6) is 0 Å². The average molecular weight is 364 g/mol. The molecule has 0 radical (unpaired) electrons. The van der Waals surface area contributed by atoms with Crippen molar-refractivity contribution in [2.45, 2.75) is 25.7 Å². The highest BCUT2D eigenvalue weighted by atomic mass is 32.2. The highest BCUT2D eigenvalue weighted by molar-refractivity contribution is 7.86. The third kappa shape index (κ3) is 4.18. The first-order valence-corrected chi connectivity index (χ1v) is 8.73. The normalized spacial score (nSPS) is 16.6. The van der Waals surface area contributed by atoms with Crippen LogP contribution in [0.2, 0.25) is 0 Å². The summed E-state index contributed by atoms with van der Waals surface area (Å²) >= 11 is 0. The molecule has 8 nitrogen and oxygen atoms in total. The molecule has 0 fully saturated rings. The fourth-order valence-corrected chi connectivity index (χ4v) is 2.90. The largest absolute Gasteiger partial charge is 0.358 e. The van der Waals surface area contributed by atoms with Crippen LogP contribution in [0.1, 0.15) is 20.8 Å². The summed E-state index contributed by atoms with van der Waals surface area (Å²) < 4.78 is 29.0. The Bertz CT molecular complexity index is 926. The van der Waals surface area contributed by atoms with Crippen molar-refractivity contribution in [3.05, 3.63) is 57.7 Å². The highest BCUT2D eigenvalue weighted by Gasteiger charge is 2.22. The second-order valence-electron chi connectivity index (χ2n) is 5.71. The van der Waals surface area contributed by atoms with E-state index in [1.165, 1.54) is 30.4 Å². The van der Waals surface area contributed by atoms with Crippen LogP contribution in [0, 0.1) is 16.0 Å². The van der Waals surface area contributed by atoms with Gasteiger partial charge in [-0.2, -0.15) is 8.42 Å². The molecule has 132 valence electrons. The number of benzene rings is 1. The maximum atomic E-state index is 12.2. The predicted molar refractivity (Wildman–Crippen MR) is 90.5 cm³/mol. The molecule has 9 heteroatoms. The molecule has 1 aromatic rings. The van der Waals surface area contributed by atoms with Crippen molar-refractivity contribution in [1.82, 2.24) is 0 Å². The van der Waals surface area contributed by atoms with Crippen LogP contribution in [0.15, 0.2) is 57.6 Å². The topological polar surface area (TPSA) is 116 Å². The van der Waals surface area contributed by atoms with Crippen LogP contribution in [0.4, 0.5) is 5.69 Å². The first kappa shape index (κ1) is 18.5. The van der Waals surface area contributed by atoms with E-state index >= 15 is 0 Å². The quantitative estimate of drug-likeness (QED) is 0.450. The van der Waals surface area contributed by atoms with E-state index in [4.69, 9.17) is 0 Å². The zero-order chi connectivity index (χ0) is 18.8. The van der Waals surface area contributed by atoms with Crippen LogP contribution in [-0.2, 0) is 19.2 Å². The number of rotatable bonds is 5. The van der Waals surface area contributed by atoms with Crippen LogP contribution < -0.4 is 0 Å². The van der Waals surface area contributed by atoms with E-state index < -0.39 is 15.0 Å². The molecule has 0 aliphatic heterocycles. The lowest BCUT2D eigenvalue weighted by Crippen LogP contribution is -2.16. The first-order valence-electron chi connectivity index (χ1n) is 7.32. The van der Waals surface area contributed by atoms with E-state index in [2.05, 4.69) is 9.44 Å². The molecule has 25 heavy (non-hydrogen) atoms. The summed E-state index contributed by atoms with van der Waals surface area (Å²) in [5, 5.41) is 14.4. The smallest absolute Gasteiger partial charge is 0.290 e. The van der Waals surface area contributed by atoms with Gasteiger partial charge in [-0.15, -0.1) is 0 Å². The van der Waals surface area contributed by atoms with E-state index in [9.17, 15) is 23.3 Å². The Morgan fingerprint density at radius 3 is 2.52 bits per heavy atom. The number of allylic oxidation sites excluding steroid dienone is 4. The van der Waals surface area contributed by atoms with Gasteiger partial charge in [0, 0.05) is 17.7 Å². The highest BCUT2D eigenvalue weighted by Crippen LogP contribution is 2.22. The number of nitro groups is 1. The summed E-state index contributed by atoms with van der Waals surface area (Å²) in [4.78, 5) is 21.6. The first-order chi connectivity index (χ1) is 11.6. The lowest BCUT2D eigenvalue weighted by Gasteiger charge is -2.14. The van der Waals surface area contributed by atoms with E-state index in [1.54, 1.807) is 6.92 Å². The van der Waals surface area contributed by atoms with Gasteiger partial charge < -0.3 is 0 Å². The van der Waals surface area contributed by atoms with Gasteiger partial charge in [0.05, 0.1) is 4.92 Å². The minimum absolute atomic E-state index is 0.0598. The standard InChI is InChI=1S/C16H16N2O6S/c1-10(2)14-9-15(11(3)7-16(14)19)17-24-25(22,23)13-6-4-5-12(8-13)18(20)21/h4-10H,1-3H3/b17-15+. The van der Waals surface area contributed by atoms with Crippen molar-refractivity contribution in [2.75, 3.05) is 0 Å². The van der Waals surface area contributed by atoms with Gasteiger partial charge in [0.1, 0.15) is 10.6 Å². The van der Waals surface area contributed by atoms with Gasteiger partial charge in [0.2, 0.25) is 0 Å². The Hall–Kier alpha value is -2.81. The molecule has 0 heterocycles. The molecule has 0 atom stereocenters. The van der Waals surface area contributed by atoms with Crippen LogP contribution >= 0.6 is 0 Å².